The van der Waals surface area contributed by atoms with E-state index in [9.17, 15) is 14.2 Å². The molecule has 0 aromatic rings. The number of rotatable bonds is 21. The first kappa shape index (κ1) is 32.1. The number of ether oxygens (including phenoxy) is 2. The molecule has 0 saturated carbocycles. The fraction of sp³-hybridized carbons (Fsp3) is 0.926. The number of carbonyl (C=O) groups excluding carboxylic acids is 2. The Labute approximate surface area is 213 Å². The van der Waals surface area contributed by atoms with Crippen LogP contribution < -0.4 is 0 Å². The minimum atomic E-state index is -3.61. The summed E-state index contributed by atoms with van der Waals surface area (Å²) < 4.78 is 35.9. The van der Waals surface area contributed by atoms with Crippen molar-refractivity contribution in [2.75, 3.05) is 26.4 Å². The van der Waals surface area contributed by atoms with Crippen LogP contribution in [0.15, 0.2) is 0 Å². The third-order valence-electron chi connectivity index (χ3n) is 6.39. The molecule has 35 heavy (non-hydrogen) atoms. The number of carbonyl (C=O) groups is 2. The summed E-state index contributed by atoms with van der Waals surface area (Å²) in [6, 6.07) is 0. The molecular weight excluding hydrogens is 467 g/mol. The van der Waals surface area contributed by atoms with Crippen LogP contribution in [0, 0.1) is 0 Å². The molecule has 206 valence electrons. The van der Waals surface area contributed by atoms with Crippen LogP contribution in [0.2, 0.25) is 0 Å². The van der Waals surface area contributed by atoms with Crippen LogP contribution in [-0.2, 0) is 32.7 Å². The molecule has 0 aliphatic carbocycles. The predicted octanol–water partition coefficient (Wildman–Crippen LogP) is 7.74. The van der Waals surface area contributed by atoms with Crippen molar-refractivity contribution in [1.82, 2.24) is 0 Å². The van der Waals surface area contributed by atoms with Gasteiger partial charge in [-0.15, -0.1) is 0 Å². The Hall–Kier alpha value is -0.910. The van der Waals surface area contributed by atoms with Gasteiger partial charge in [0.2, 0.25) is 0 Å². The maximum Gasteiger partial charge on any atom is 0.340 e. The van der Waals surface area contributed by atoms with Crippen molar-refractivity contribution in [3.05, 3.63) is 0 Å². The van der Waals surface area contributed by atoms with Crippen molar-refractivity contribution < 1.29 is 32.7 Å². The predicted molar refractivity (Wildman–Crippen MR) is 140 cm³/mol. The molecule has 0 bridgehead atoms. The fourth-order valence-electron chi connectivity index (χ4n) is 4.06. The van der Waals surface area contributed by atoms with Crippen LogP contribution >= 0.6 is 7.60 Å². The zero-order valence-electron chi connectivity index (χ0n) is 22.4. The second kappa shape index (κ2) is 21.2. The molecule has 1 aliphatic heterocycles. The van der Waals surface area contributed by atoms with E-state index in [1.54, 1.807) is 0 Å². The van der Waals surface area contributed by atoms with Gasteiger partial charge < -0.3 is 18.5 Å². The fourth-order valence-corrected chi connectivity index (χ4v) is 5.84. The van der Waals surface area contributed by atoms with Gasteiger partial charge in [-0.2, -0.15) is 0 Å². The maximum atomic E-state index is 13.7. The first-order valence-corrected chi connectivity index (χ1v) is 15.8. The lowest BCUT2D eigenvalue weighted by molar-refractivity contribution is -0.147. The molecule has 0 spiro atoms. The average Bonchev–Trinajstić information content (AvgIpc) is 2.93. The summed E-state index contributed by atoms with van der Waals surface area (Å²) in [6.07, 6.45) is 18.4. The highest BCUT2D eigenvalue weighted by atomic mass is 31.2. The molecule has 1 aliphatic rings. The van der Waals surface area contributed by atoms with Gasteiger partial charge in [-0.25, -0.2) is 0 Å². The summed E-state index contributed by atoms with van der Waals surface area (Å²) in [7, 11) is -3.61. The number of hydrogen-bond donors (Lipinski definition) is 0. The lowest BCUT2D eigenvalue weighted by Crippen LogP contribution is -2.26. The molecule has 8 heteroatoms. The average molecular weight is 519 g/mol. The first-order chi connectivity index (χ1) is 17.0. The first-order valence-electron chi connectivity index (χ1n) is 14.2. The third kappa shape index (κ3) is 16.5. The highest BCUT2D eigenvalue weighted by Crippen LogP contribution is 2.54. The molecule has 0 aromatic carbocycles. The summed E-state index contributed by atoms with van der Waals surface area (Å²) in [5.74, 6) is -0.988. The zero-order chi connectivity index (χ0) is 25.6. The van der Waals surface area contributed by atoms with E-state index in [1.165, 1.54) is 64.2 Å². The largest absolute Gasteiger partial charge is 0.465 e. The third-order valence-corrected chi connectivity index (χ3v) is 8.67. The van der Waals surface area contributed by atoms with Gasteiger partial charge in [0.25, 0.3) is 0 Å². The van der Waals surface area contributed by atoms with E-state index in [4.69, 9.17) is 18.5 Å². The molecule has 0 amide bonds. The Bertz CT molecular complexity index is 550. The monoisotopic (exact) mass is 518 g/mol. The van der Waals surface area contributed by atoms with Gasteiger partial charge in [0.05, 0.1) is 26.1 Å². The van der Waals surface area contributed by atoms with E-state index < -0.39 is 25.2 Å². The van der Waals surface area contributed by atoms with Crippen LogP contribution in [0.3, 0.4) is 0 Å². The summed E-state index contributed by atoms with van der Waals surface area (Å²) in [5.41, 5.74) is -0.795. The topological polar surface area (TPSA) is 88.1 Å². The minimum Gasteiger partial charge on any atom is -0.465 e. The number of hydrogen-bond acceptors (Lipinski definition) is 7. The Balaban J connectivity index is 2.50. The summed E-state index contributed by atoms with van der Waals surface area (Å²) in [5, 5.41) is 0. The Morgan fingerprint density at radius 2 is 0.971 bits per heavy atom. The van der Waals surface area contributed by atoms with Crippen LogP contribution in [0.4, 0.5) is 0 Å². The van der Waals surface area contributed by atoms with Crippen LogP contribution in [-0.4, -0.2) is 44.0 Å². The standard InChI is InChI=1S/C27H51O7P/c1-3-5-7-9-11-13-15-17-21-33-35(30,34-22-18-16-14-12-10-8-6-4-2)25-23-31-26(28)19-20-27(29)32-24-25/h25H,3-24H2,1-2H3. The van der Waals surface area contributed by atoms with Gasteiger partial charge in [0.15, 0.2) is 0 Å². The van der Waals surface area contributed by atoms with Gasteiger partial charge in [0, 0.05) is 0 Å². The van der Waals surface area contributed by atoms with Crippen LogP contribution in [0.25, 0.3) is 0 Å². The normalized spacial score (nSPS) is 15.8. The van der Waals surface area contributed by atoms with Crippen molar-refractivity contribution in [3.63, 3.8) is 0 Å². The highest BCUT2D eigenvalue weighted by Gasteiger charge is 2.39. The van der Waals surface area contributed by atoms with Crippen molar-refractivity contribution >= 4 is 19.5 Å². The minimum absolute atomic E-state index is 0.0336. The van der Waals surface area contributed by atoms with Gasteiger partial charge in [0.1, 0.15) is 18.9 Å². The number of unbranched alkanes of at least 4 members (excludes halogenated alkanes) is 14. The molecular formula is C27H51O7P. The summed E-state index contributed by atoms with van der Waals surface area (Å²) in [4.78, 5) is 23.7. The van der Waals surface area contributed by atoms with Crippen molar-refractivity contribution in [1.29, 1.82) is 0 Å². The van der Waals surface area contributed by atoms with Gasteiger partial charge in [-0.05, 0) is 12.8 Å². The number of cyclic esters (lactones) is 2. The highest BCUT2D eigenvalue weighted by molar-refractivity contribution is 7.54. The quantitative estimate of drug-likeness (QED) is 0.0872. The molecule has 1 rings (SSSR count). The SMILES string of the molecule is CCCCCCCCCCOP(=O)(OCCCCCCCCCC)C1COC(=O)CCC(=O)OC1. The molecule has 7 nitrogen and oxygen atoms in total. The molecule has 1 fully saturated rings. The van der Waals surface area contributed by atoms with E-state index in [1.807, 2.05) is 0 Å². The van der Waals surface area contributed by atoms with Crippen molar-refractivity contribution in [2.24, 2.45) is 0 Å². The Morgan fingerprint density at radius 3 is 1.34 bits per heavy atom. The van der Waals surface area contributed by atoms with E-state index in [0.717, 1.165) is 38.5 Å². The van der Waals surface area contributed by atoms with Crippen molar-refractivity contribution in [2.45, 2.75) is 135 Å². The lowest BCUT2D eigenvalue weighted by Gasteiger charge is -2.26. The van der Waals surface area contributed by atoms with Gasteiger partial charge in [-0.3, -0.25) is 14.2 Å². The smallest absolute Gasteiger partial charge is 0.340 e. The lowest BCUT2D eigenvalue weighted by atomic mass is 10.1. The summed E-state index contributed by atoms with van der Waals surface area (Å²) in [6.45, 7) is 4.82. The second-order valence-electron chi connectivity index (χ2n) is 9.68. The molecule has 0 N–H and O–H groups in total. The Morgan fingerprint density at radius 1 is 0.629 bits per heavy atom. The number of esters is 2. The van der Waals surface area contributed by atoms with Gasteiger partial charge >= 0.3 is 19.5 Å². The van der Waals surface area contributed by atoms with Gasteiger partial charge in [-0.1, -0.05) is 104 Å². The van der Waals surface area contributed by atoms with E-state index in [-0.39, 0.29) is 26.1 Å². The molecule has 0 unspecified atom stereocenters. The second-order valence-corrected chi connectivity index (χ2v) is 12.0. The summed E-state index contributed by atoms with van der Waals surface area (Å²) >= 11 is 0. The maximum absolute atomic E-state index is 13.7. The molecule has 0 atom stereocenters. The van der Waals surface area contributed by atoms with E-state index in [0.29, 0.717) is 13.2 Å². The molecule has 0 radical (unpaired) electrons. The van der Waals surface area contributed by atoms with E-state index in [2.05, 4.69) is 13.8 Å². The van der Waals surface area contributed by atoms with Crippen molar-refractivity contribution in [3.8, 4) is 0 Å². The zero-order valence-corrected chi connectivity index (χ0v) is 23.3. The molecule has 1 heterocycles. The van der Waals surface area contributed by atoms with Crippen LogP contribution in [0.1, 0.15) is 129 Å². The molecule has 1 saturated heterocycles. The Kier molecular flexibility index (Phi) is 19.5. The van der Waals surface area contributed by atoms with Crippen LogP contribution in [0.5, 0.6) is 0 Å². The van der Waals surface area contributed by atoms with E-state index >= 15 is 0 Å². The molecule has 0 aromatic heterocycles.